The van der Waals surface area contributed by atoms with Crippen molar-refractivity contribution in [1.29, 1.82) is 0 Å². The summed E-state index contributed by atoms with van der Waals surface area (Å²) < 4.78 is 0. The highest BCUT2D eigenvalue weighted by atomic mass is 16.3. The second-order valence-corrected chi connectivity index (χ2v) is 5.57. The number of hydrogen-bond acceptors (Lipinski definition) is 2. The van der Waals surface area contributed by atoms with E-state index in [9.17, 15) is 5.11 Å². The molecular formula is C17H27NO. The van der Waals surface area contributed by atoms with Gasteiger partial charge in [-0.3, -0.25) is 0 Å². The molecule has 0 bridgehead atoms. The predicted octanol–water partition coefficient (Wildman–Crippen LogP) is 3.33. The van der Waals surface area contributed by atoms with Gasteiger partial charge in [0.15, 0.2) is 0 Å². The molecule has 0 amide bonds. The van der Waals surface area contributed by atoms with Crippen LogP contribution in [0.5, 0.6) is 0 Å². The quantitative estimate of drug-likeness (QED) is 0.849. The summed E-state index contributed by atoms with van der Waals surface area (Å²) in [6.45, 7) is 7.45. The smallest absolute Gasteiger partial charge is 0.0802 e. The summed E-state index contributed by atoms with van der Waals surface area (Å²) in [4.78, 5) is 2.36. The number of benzene rings is 1. The van der Waals surface area contributed by atoms with Crippen LogP contribution in [0.25, 0.3) is 0 Å². The van der Waals surface area contributed by atoms with E-state index in [1.165, 1.54) is 36.8 Å². The van der Waals surface area contributed by atoms with Crippen LogP contribution in [-0.4, -0.2) is 29.6 Å². The van der Waals surface area contributed by atoms with Gasteiger partial charge in [-0.05, 0) is 61.9 Å². The zero-order valence-electron chi connectivity index (χ0n) is 12.4. The summed E-state index contributed by atoms with van der Waals surface area (Å²) in [5, 5.41) is 10.3. The van der Waals surface area contributed by atoms with Gasteiger partial charge in [-0.1, -0.05) is 32.0 Å². The molecule has 0 saturated carbocycles. The number of fused-ring (bicyclic) bond motifs is 1. The fraction of sp³-hybridized carbons (Fsp3) is 0.647. The molecule has 2 heteroatoms. The molecule has 2 nitrogen and oxygen atoms in total. The molecule has 1 aromatic rings. The van der Waals surface area contributed by atoms with Crippen molar-refractivity contribution >= 4 is 0 Å². The number of aryl methyl sites for hydroxylation is 2. The Morgan fingerprint density at radius 3 is 2.47 bits per heavy atom. The van der Waals surface area contributed by atoms with Crippen molar-refractivity contribution in [3.05, 3.63) is 34.9 Å². The molecule has 0 radical (unpaired) electrons. The minimum Gasteiger partial charge on any atom is -0.388 e. The van der Waals surface area contributed by atoms with E-state index in [1.807, 2.05) is 0 Å². The van der Waals surface area contributed by atoms with Crippen molar-refractivity contribution in [2.45, 2.75) is 52.1 Å². The average Bonchev–Trinajstić information content (AvgIpc) is 2.47. The number of hydrogen-bond donors (Lipinski definition) is 1. The fourth-order valence-electron chi connectivity index (χ4n) is 2.97. The molecule has 1 aliphatic carbocycles. The van der Waals surface area contributed by atoms with E-state index < -0.39 is 0 Å². The summed E-state index contributed by atoms with van der Waals surface area (Å²) in [6, 6.07) is 6.59. The Balaban J connectivity index is 1.97. The molecule has 0 saturated heterocycles. The first kappa shape index (κ1) is 14.5. The highest BCUT2D eigenvalue weighted by molar-refractivity contribution is 5.34. The molecule has 0 aliphatic heterocycles. The number of nitrogens with zero attached hydrogens (tertiary/aromatic N) is 1. The first-order valence-corrected chi connectivity index (χ1v) is 7.76. The molecule has 106 valence electrons. The summed E-state index contributed by atoms with van der Waals surface area (Å²) in [5.74, 6) is 0. The Bertz CT molecular complexity index is 398. The second kappa shape index (κ2) is 7.06. The molecule has 2 rings (SSSR count). The summed E-state index contributed by atoms with van der Waals surface area (Å²) in [6.07, 6.45) is 5.54. The third kappa shape index (κ3) is 3.80. The Kier molecular flexibility index (Phi) is 5.41. The van der Waals surface area contributed by atoms with E-state index in [4.69, 9.17) is 0 Å². The maximum absolute atomic E-state index is 10.3. The minimum atomic E-state index is -0.312. The van der Waals surface area contributed by atoms with Crippen LogP contribution >= 0.6 is 0 Å². The van der Waals surface area contributed by atoms with E-state index in [0.29, 0.717) is 0 Å². The molecule has 0 heterocycles. The van der Waals surface area contributed by atoms with Crippen molar-refractivity contribution in [1.82, 2.24) is 4.90 Å². The van der Waals surface area contributed by atoms with Gasteiger partial charge in [0.1, 0.15) is 0 Å². The van der Waals surface area contributed by atoms with Crippen LogP contribution in [0.15, 0.2) is 18.2 Å². The topological polar surface area (TPSA) is 23.5 Å². The zero-order chi connectivity index (χ0) is 13.7. The van der Waals surface area contributed by atoms with Crippen molar-refractivity contribution in [2.24, 2.45) is 0 Å². The first-order chi connectivity index (χ1) is 9.24. The Morgan fingerprint density at radius 1 is 1.11 bits per heavy atom. The van der Waals surface area contributed by atoms with E-state index in [1.54, 1.807) is 0 Å². The predicted molar refractivity (Wildman–Crippen MR) is 80.4 cm³/mol. The van der Waals surface area contributed by atoms with E-state index >= 15 is 0 Å². The van der Waals surface area contributed by atoms with Gasteiger partial charge >= 0.3 is 0 Å². The van der Waals surface area contributed by atoms with Crippen LogP contribution in [0.4, 0.5) is 0 Å². The summed E-state index contributed by atoms with van der Waals surface area (Å²) >= 11 is 0. The third-order valence-corrected chi connectivity index (χ3v) is 4.37. The highest BCUT2D eigenvalue weighted by Crippen LogP contribution is 2.26. The largest absolute Gasteiger partial charge is 0.388 e. The van der Waals surface area contributed by atoms with Crippen molar-refractivity contribution in [3.8, 4) is 0 Å². The molecule has 1 aliphatic rings. The number of aliphatic hydroxyl groups is 1. The molecule has 19 heavy (non-hydrogen) atoms. The number of rotatable bonds is 6. The zero-order valence-corrected chi connectivity index (χ0v) is 12.4. The maximum atomic E-state index is 10.3. The van der Waals surface area contributed by atoms with Gasteiger partial charge in [-0.25, -0.2) is 0 Å². The molecule has 1 atom stereocenters. The van der Waals surface area contributed by atoms with E-state index in [-0.39, 0.29) is 6.10 Å². The first-order valence-electron chi connectivity index (χ1n) is 7.76. The maximum Gasteiger partial charge on any atom is 0.0802 e. The van der Waals surface area contributed by atoms with Gasteiger partial charge in [-0.2, -0.15) is 0 Å². The number of aliphatic hydroxyl groups excluding tert-OH is 1. The highest BCUT2D eigenvalue weighted by Gasteiger charge is 2.14. The van der Waals surface area contributed by atoms with Crippen LogP contribution in [0.2, 0.25) is 0 Å². The Hall–Kier alpha value is -0.860. The lowest BCUT2D eigenvalue weighted by atomic mass is 9.89. The molecule has 0 spiro atoms. The van der Waals surface area contributed by atoms with Gasteiger partial charge in [0.25, 0.3) is 0 Å². The van der Waals surface area contributed by atoms with Gasteiger partial charge in [-0.15, -0.1) is 0 Å². The van der Waals surface area contributed by atoms with Crippen LogP contribution in [-0.2, 0) is 12.8 Å². The van der Waals surface area contributed by atoms with Crippen LogP contribution in [0.1, 0.15) is 55.9 Å². The lowest BCUT2D eigenvalue weighted by molar-refractivity contribution is 0.145. The second-order valence-electron chi connectivity index (χ2n) is 5.57. The third-order valence-electron chi connectivity index (χ3n) is 4.37. The van der Waals surface area contributed by atoms with Crippen molar-refractivity contribution in [3.63, 3.8) is 0 Å². The molecule has 1 unspecified atom stereocenters. The Morgan fingerprint density at radius 2 is 1.79 bits per heavy atom. The van der Waals surface area contributed by atoms with Crippen LogP contribution in [0.3, 0.4) is 0 Å². The lowest BCUT2D eigenvalue weighted by Crippen LogP contribution is -2.25. The van der Waals surface area contributed by atoms with Gasteiger partial charge < -0.3 is 10.0 Å². The van der Waals surface area contributed by atoms with Crippen LogP contribution < -0.4 is 0 Å². The van der Waals surface area contributed by atoms with Gasteiger partial charge in [0.2, 0.25) is 0 Å². The summed E-state index contributed by atoms with van der Waals surface area (Å²) in [7, 11) is 0. The lowest BCUT2D eigenvalue weighted by Gasteiger charge is -2.22. The Labute approximate surface area is 117 Å². The van der Waals surface area contributed by atoms with Gasteiger partial charge in [0, 0.05) is 6.54 Å². The molecule has 1 aromatic carbocycles. The molecular weight excluding hydrogens is 234 g/mol. The standard InChI is InChI=1S/C17H27NO/c1-3-18(4-2)12-11-17(19)16-10-9-14-7-5-6-8-15(14)13-16/h9-10,13,17,19H,3-8,11-12H2,1-2H3. The summed E-state index contributed by atoms with van der Waals surface area (Å²) in [5.41, 5.74) is 4.06. The molecule has 1 N–H and O–H groups in total. The normalized spacial score (nSPS) is 16.4. The molecule has 0 aromatic heterocycles. The van der Waals surface area contributed by atoms with Crippen molar-refractivity contribution < 1.29 is 5.11 Å². The van der Waals surface area contributed by atoms with E-state index in [2.05, 4.69) is 36.9 Å². The van der Waals surface area contributed by atoms with Crippen LogP contribution in [0, 0.1) is 0 Å². The van der Waals surface area contributed by atoms with Gasteiger partial charge in [0.05, 0.1) is 6.10 Å². The molecule has 0 fully saturated rings. The van der Waals surface area contributed by atoms with Crippen molar-refractivity contribution in [2.75, 3.05) is 19.6 Å². The van der Waals surface area contributed by atoms with E-state index in [0.717, 1.165) is 31.6 Å². The SMILES string of the molecule is CCN(CC)CCC(O)c1ccc2c(c1)CCCC2. The fourth-order valence-corrected chi connectivity index (χ4v) is 2.97. The minimum absolute atomic E-state index is 0.312. The average molecular weight is 261 g/mol. The monoisotopic (exact) mass is 261 g/mol.